The van der Waals surface area contributed by atoms with Crippen LogP contribution >= 0.6 is 0 Å². The third-order valence-corrected chi connectivity index (χ3v) is 13.6. The van der Waals surface area contributed by atoms with Gasteiger partial charge in [-0.25, -0.2) is 0 Å². The Kier molecular flexibility index (Phi) is 53.7. The molecule has 386 valence electrons. The molecule has 6 nitrogen and oxygen atoms in total. The van der Waals surface area contributed by atoms with Crippen molar-refractivity contribution in [1.82, 2.24) is 0 Å². The smallest absolute Gasteiger partial charge is 0.306 e. The average Bonchev–Trinajstić information content (AvgIpc) is 3.30. The predicted molar refractivity (Wildman–Crippen MR) is 280 cm³/mol. The summed E-state index contributed by atoms with van der Waals surface area (Å²) in [6.45, 7) is 6.70. The maximum absolute atomic E-state index is 12.8. The van der Waals surface area contributed by atoms with E-state index in [4.69, 9.17) is 14.2 Å². The van der Waals surface area contributed by atoms with E-state index in [9.17, 15) is 14.4 Å². The van der Waals surface area contributed by atoms with Gasteiger partial charge < -0.3 is 14.2 Å². The fourth-order valence-corrected chi connectivity index (χ4v) is 9.15. The van der Waals surface area contributed by atoms with E-state index in [1.54, 1.807) is 0 Å². The Morgan fingerprint density at radius 3 is 0.615 bits per heavy atom. The van der Waals surface area contributed by atoms with Gasteiger partial charge in [-0.1, -0.05) is 303 Å². The second-order valence-corrected chi connectivity index (χ2v) is 20.3. The highest BCUT2D eigenvalue weighted by Crippen LogP contribution is 2.18. The molecule has 0 rings (SSSR count). The summed E-state index contributed by atoms with van der Waals surface area (Å²) >= 11 is 0. The van der Waals surface area contributed by atoms with Gasteiger partial charge in [-0.05, 0) is 19.3 Å². The Morgan fingerprint density at radius 2 is 0.415 bits per heavy atom. The lowest BCUT2D eigenvalue weighted by Gasteiger charge is -2.18. The van der Waals surface area contributed by atoms with Gasteiger partial charge in [0.2, 0.25) is 0 Å². The first-order chi connectivity index (χ1) is 32.0. The molecular formula is C59H114O6. The Morgan fingerprint density at radius 1 is 0.246 bits per heavy atom. The van der Waals surface area contributed by atoms with Crippen molar-refractivity contribution < 1.29 is 28.6 Å². The second kappa shape index (κ2) is 55.0. The van der Waals surface area contributed by atoms with Gasteiger partial charge in [0, 0.05) is 19.3 Å². The summed E-state index contributed by atoms with van der Waals surface area (Å²) in [6, 6.07) is 0. The number of esters is 3. The third kappa shape index (κ3) is 53.2. The summed E-state index contributed by atoms with van der Waals surface area (Å²) in [7, 11) is 0. The zero-order valence-corrected chi connectivity index (χ0v) is 44.3. The van der Waals surface area contributed by atoms with Crippen molar-refractivity contribution in [1.29, 1.82) is 0 Å². The summed E-state index contributed by atoms with van der Waals surface area (Å²) in [6.07, 6.45) is 61.0. The molecule has 0 fully saturated rings. The van der Waals surface area contributed by atoms with Gasteiger partial charge in [0.25, 0.3) is 0 Å². The standard InChI is InChI=1S/C59H114O6/c1-4-7-10-13-16-19-22-24-26-28-29-30-31-33-34-37-40-43-46-49-52-58(61)64-55-56(54-63-57(60)51-48-45-42-39-36-21-18-15-12-9-6-3)65-59(62)53-50-47-44-41-38-35-32-27-25-23-20-17-14-11-8-5-2/h56H,4-55H2,1-3H3. The topological polar surface area (TPSA) is 78.9 Å². The molecule has 0 aliphatic carbocycles. The average molecular weight is 920 g/mol. The minimum absolute atomic E-state index is 0.0611. The molecule has 0 aromatic rings. The molecule has 0 bridgehead atoms. The number of hydrogen-bond donors (Lipinski definition) is 0. The van der Waals surface area contributed by atoms with Gasteiger partial charge in [0.15, 0.2) is 6.10 Å². The molecule has 0 aliphatic rings. The first-order valence-corrected chi connectivity index (χ1v) is 29.5. The van der Waals surface area contributed by atoms with Crippen LogP contribution in [0.5, 0.6) is 0 Å². The van der Waals surface area contributed by atoms with E-state index < -0.39 is 6.10 Å². The van der Waals surface area contributed by atoms with Crippen molar-refractivity contribution in [2.75, 3.05) is 13.2 Å². The fourth-order valence-electron chi connectivity index (χ4n) is 9.15. The molecular weight excluding hydrogens is 805 g/mol. The highest BCUT2D eigenvalue weighted by Gasteiger charge is 2.19. The van der Waals surface area contributed by atoms with Crippen molar-refractivity contribution >= 4 is 17.9 Å². The maximum atomic E-state index is 12.8. The van der Waals surface area contributed by atoms with Gasteiger partial charge in [-0.3, -0.25) is 14.4 Å². The van der Waals surface area contributed by atoms with E-state index in [2.05, 4.69) is 20.8 Å². The van der Waals surface area contributed by atoms with Crippen LogP contribution in [0.3, 0.4) is 0 Å². The van der Waals surface area contributed by atoms with E-state index in [1.165, 1.54) is 244 Å². The van der Waals surface area contributed by atoms with Gasteiger partial charge in [0.1, 0.15) is 13.2 Å². The Bertz CT molecular complexity index is 967. The number of carbonyl (C=O) groups is 3. The van der Waals surface area contributed by atoms with E-state index in [0.717, 1.165) is 57.8 Å². The zero-order valence-electron chi connectivity index (χ0n) is 44.3. The quantitative estimate of drug-likeness (QED) is 0.0344. The molecule has 0 aromatic carbocycles. The molecule has 0 aromatic heterocycles. The number of rotatable bonds is 55. The van der Waals surface area contributed by atoms with E-state index in [-0.39, 0.29) is 31.1 Å². The lowest BCUT2D eigenvalue weighted by atomic mass is 10.0. The van der Waals surface area contributed by atoms with Crippen LogP contribution in [-0.4, -0.2) is 37.2 Å². The molecule has 0 radical (unpaired) electrons. The Hall–Kier alpha value is -1.59. The van der Waals surface area contributed by atoms with E-state index >= 15 is 0 Å². The van der Waals surface area contributed by atoms with Crippen LogP contribution in [0.25, 0.3) is 0 Å². The highest BCUT2D eigenvalue weighted by atomic mass is 16.6. The van der Waals surface area contributed by atoms with Crippen LogP contribution < -0.4 is 0 Å². The summed E-state index contributed by atoms with van der Waals surface area (Å²) in [4.78, 5) is 38.1. The molecule has 1 atom stereocenters. The van der Waals surface area contributed by atoms with Crippen LogP contribution in [0.15, 0.2) is 0 Å². The highest BCUT2D eigenvalue weighted by molar-refractivity contribution is 5.71. The van der Waals surface area contributed by atoms with Crippen molar-refractivity contribution in [3.05, 3.63) is 0 Å². The summed E-state index contributed by atoms with van der Waals surface area (Å²) in [5.41, 5.74) is 0. The molecule has 0 saturated carbocycles. The van der Waals surface area contributed by atoms with Crippen LogP contribution in [0.1, 0.15) is 342 Å². The molecule has 0 saturated heterocycles. The summed E-state index contributed by atoms with van der Waals surface area (Å²) in [5, 5.41) is 0. The Labute approximate surface area is 406 Å². The number of carbonyl (C=O) groups excluding carboxylic acids is 3. The van der Waals surface area contributed by atoms with Gasteiger partial charge in [-0.2, -0.15) is 0 Å². The van der Waals surface area contributed by atoms with E-state index in [0.29, 0.717) is 19.3 Å². The van der Waals surface area contributed by atoms with Gasteiger partial charge in [-0.15, -0.1) is 0 Å². The number of ether oxygens (including phenoxy) is 3. The lowest BCUT2D eigenvalue weighted by molar-refractivity contribution is -0.167. The molecule has 0 heterocycles. The number of unbranched alkanes of at least 4 members (excludes halogenated alkanes) is 44. The zero-order chi connectivity index (χ0) is 47.2. The largest absolute Gasteiger partial charge is 0.462 e. The first kappa shape index (κ1) is 63.4. The molecule has 0 spiro atoms. The van der Waals surface area contributed by atoms with Crippen LogP contribution in [0, 0.1) is 0 Å². The summed E-state index contributed by atoms with van der Waals surface area (Å²) < 4.78 is 16.9. The van der Waals surface area contributed by atoms with Crippen molar-refractivity contribution in [2.45, 2.75) is 348 Å². The molecule has 0 aliphatic heterocycles. The molecule has 1 unspecified atom stereocenters. The third-order valence-electron chi connectivity index (χ3n) is 13.6. The van der Waals surface area contributed by atoms with Gasteiger partial charge in [0.05, 0.1) is 0 Å². The van der Waals surface area contributed by atoms with Crippen molar-refractivity contribution in [3.8, 4) is 0 Å². The van der Waals surface area contributed by atoms with Crippen LogP contribution in [0.4, 0.5) is 0 Å². The SMILES string of the molecule is CCCCCCCCCCCCCCCCCCCCCCC(=O)OCC(COC(=O)CCCCCCCCCCCCC)OC(=O)CCCCCCCCCCCCCCCCCC. The van der Waals surface area contributed by atoms with Gasteiger partial charge >= 0.3 is 17.9 Å². The number of hydrogen-bond acceptors (Lipinski definition) is 6. The monoisotopic (exact) mass is 919 g/mol. The minimum Gasteiger partial charge on any atom is -0.462 e. The normalized spacial score (nSPS) is 11.9. The maximum Gasteiger partial charge on any atom is 0.306 e. The summed E-state index contributed by atoms with van der Waals surface area (Å²) in [5.74, 6) is -0.832. The molecule has 0 N–H and O–H groups in total. The Balaban J connectivity index is 4.23. The molecule has 6 heteroatoms. The second-order valence-electron chi connectivity index (χ2n) is 20.3. The first-order valence-electron chi connectivity index (χ1n) is 29.5. The predicted octanol–water partition coefficient (Wildman–Crippen LogP) is 19.5. The van der Waals surface area contributed by atoms with E-state index in [1.807, 2.05) is 0 Å². The van der Waals surface area contributed by atoms with Crippen molar-refractivity contribution in [2.24, 2.45) is 0 Å². The lowest BCUT2D eigenvalue weighted by Crippen LogP contribution is -2.30. The van der Waals surface area contributed by atoms with Crippen molar-refractivity contribution in [3.63, 3.8) is 0 Å². The molecule has 0 amide bonds. The van der Waals surface area contributed by atoms with Crippen LogP contribution in [0.2, 0.25) is 0 Å². The molecule has 65 heavy (non-hydrogen) atoms. The minimum atomic E-state index is -0.760. The fraction of sp³-hybridized carbons (Fsp3) is 0.949. The van der Waals surface area contributed by atoms with Crippen LogP contribution in [-0.2, 0) is 28.6 Å².